The molecule has 0 aliphatic heterocycles. The first-order valence-electron chi connectivity index (χ1n) is 4.88. The van der Waals surface area contributed by atoms with Gasteiger partial charge in [-0.05, 0) is 12.1 Å². The molecule has 0 saturated carbocycles. The van der Waals surface area contributed by atoms with Crippen LogP contribution < -0.4 is 0 Å². The van der Waals surface area contributed by atoms with Crippen LogP contribution in [0.5, 0.6) is 0 Å². The second-order valence-corrected chi connectivity index (χ2v) is 7.65. The van der Waals surface area contributed by atoms with Crippen LogP contribution >= 0.6 is 22.0 Å². The first-order valence-corrected chi connectivity index (χ1v) is 8.01. The lowest BCUT2D eigenvalue weighted by Crippen LogP contribution is -1.84. The molecule has 0 aromatic carbocycles. The maximum atomic E-state index is 11.1. The van der Waals surface area contributed by atoms with Gasteiger partial charge < -0.3 is 4.42 Å². The summed E-state index contributed by atoms with van der Waals surface area (Å²) in [6.07, 6.45) is 1.59. The summed E-state index contributed by atoms with van der Waals surface area (Å²) in [5.74, 6) is 1.38. The fourth-order valence-electron chi connectivity index (χ4n) is 1.25. The van der Waals surface area contributed by atoms with E-state index in [2.05, 4.69) is 4.98 Å². The highest BCUT2D eigenvalue weighted by molar-refractivity contribution is 8.15. The molecule has 2 aromatic heterocycles. The summed E-state index contributed by atoms with van der Waals surface area (Å²) < 4.78 is 27.9. The van der Waals surface area contributed by atoms with Gasteiger partial charge in [-0.3, -0.25) is 0 Å². The SMILES string of the molecule is CC(C)c1ncc(-c2ccc(S(=O)(=O)Cl)s2)o1. The average molecular weight is 292 g/mol. The normalized spacial score (nSPS) is 12.2. The number of hydrogen-bond acceptors (Lipinski definition) is 5. The molecule has 17 heavy (non-hydrogen) atoms. The van der Waals surface area contributed by atoms with E-state index in [0.29, 0.717) is 16.5 Å². The van der Waals surface area contributed by atoms with Gasteiger partial charge in [0.2, 0.25) is 0 Å². The van der Waals surface area contributed by atoms with Crippen molar-refractivity contribution >= 4 is 31.1 Å². The van der Waals surface area contributed by atoms with Gasteiger partial charge >= 0.3 is 0 Å². The van der Waals surface area contributed by atoms with E-state index in [1.165, 1.54) is 6.07 Å². The fourth-order valence-corrected chi connectivity index (χ4v) is 3.27. The van der Waals surface area contributed by atoms with Gasteiger partial charge in [-0.25, -0.2) is 13.4 Å². The summed E-state index contributed by atoms with van der Waals surface area (Å²) >= 11 is 1.06. The molecule has 7 heteroatoms. The van der Waals surface area contributed by atoms with E-state index in [-0.39, 0.29) is 10.1 Å². The van der Waals surface area contributed by atoms with Crippen molar-refractivity contribution in [2.24, 2.45) is 0 Å². The number of thiophene rings is 1. The van der Waals surface area contributed by atoms with Crippen molar-refractivity contribution in [1.29, 1.82) is 0 Å². The lowest BCUT2D eigenvalue weighted by atomic mass is 10.2. The fraction of sp³-hybridized carbons (Fsp3) is 0.300. The zero-order valence-corrected chi connectivity index (χ0v) is 11.6. The topological polar surface area (TPSA) is 60.2 Å². The largest absolute Gasteiger partial charge is 0.440 e. The molecule has 0 aliphatic rings. The first kappa shape index (κ1) is 12.6. The van der Waals surface area contributed by atoms with Gasteiger partial charge in [0.1, 0.15) is 4.21 Å². The Balaban J connectivity index is 2.37. The third-order valence-corrected chi connectivity index (χ3v) is 5.27. The van der Waals surface area contributed by atoms with E-state index in [1.54, 1.807) is 12.3 Å². The molecular formula is C10H10ClNO3S2. The van der Waals surface area contributed by atoms with Gasteiger partial charge in [-0.2, -0.15) is 0 Å². The molecule has 0 saturated heterocycles. The molecule has 0 amide bonds. The van der Waals surface area contributed by atoms with Crippen molar-refractivity contribution < 1.29 is 12.8 Å². The Hall–Kier alpha value is -0.850. The minimum atomic E-state index is -3.67. The second kappa shape index (κ2) is 4.44. The van der Waals surface area contributed by atoms with Crippen LogP contribution in [0, 0.1) is 0 Å². The number of aromatic nitrogens is 1. The Bertz CT molecular complexity index is 628. The maximum absolute atomic E-state index is 11.1. The van der Waals surface area contributed by atoms with Crippen LogP contribution in [-0.2, 0) is 9.05 Å². The van der Waals surface area contributed by atoms with E-state index >= 15 is 0 Å². The molecular weight excluding hydrogens is 282 g/mol. The van der Waals surface area contributed by atoms with Gasteiger partial charge in [0.15, 0.2) is 11.7 Å². The van der Waals surface area contributed by atoms with Gasteiger partial charge in [0, 0.05) is 16.6 Å². The zero-order valence-electron chi connectivity index (χ0n) is 9.18. The molecule has 0 fully saturated rings. The molecule has 0 atom stereocenters. The van der Waals surface area contributed by atoms with Crippen LogP contribution in [0.1, 0.15) is 25.7 Å². The van der Waals surface area contributed by atoms with Crippen molar-refractivity contribution in [2.75, 3.05) is 0 Å². The zero-order chi connectivity index (χ0) is 12.6. The third-order valence-electron chi connectivity index (χ3n) is 2.08. The smallest absolute Gasteiger partial charge is 0.270 e. The predicted molar refractivity (Wildman–Crippen MR) is 66.9 cm³/mol. The quantitative estimate of drug-likeness (QED) is 0.813. The monoisotopic (exact) mass is 291 g/mol. The highest BCUT2D eigenvalue weighted by Crippen LogP contribution is 2.33. The molecule has 0 aliphatic carbocycles. The number of nitrogens with zero attached hydrogens (tertiary/aromatic N) is 1. The standard InChI is InChI=1S/C10H10ClNO3S2/c1-6(2)10-12-5-7(15-10)8-3-4-9(16-8)17(11,13)14/h3-6H,1-2H3. The van der Waals surface area contributed by atoms with Gasteiger partial charge in [-0.1, -0.05) is 13.8 Å². The highest BCUT2D eigenvalue weighted by atomic mass is 35.7. The molecule has 0 bridgehead atoms. The van der Waals surface area contributed by atoms with Gasteiger partial charge in [-0.15, -0.1) is 11.3 Å². The molecule has 2 rings (SSSR count). The van der Waals surface area contributed by atoms with E-state index in [1.807, 2.05) is 13.8 Å². The van der Waals surface area contributed by atoms with Crippen molar-refractivity contribution in [3.05, 3.63) is 24.2 Å². The number of halogens is 1. The van der Waals surface area contributed by atoms with Crippen LogP contribution in [-0.4, -0.2) is 13.4 Å². The summed E-state index contributed by atoms with van der Waals surface area (Å²) in [6.45, 7) is 3.94. The van der Waals surface area contributed by atoms with Gasteiger partial charge in [0.05, 0.1) is 11.1 Å². The maximum Gasteiger partial charge on any atom is 0.270 e. The molecule has 0 radical (unpaired) electrons. The molecule has 0 spiro atoms. The van der Waals surface area contributed by atoms with Crippen molar-refractivity contribution in [2.45, 2.75) is 24.0 Å². The Kier molecular flexibility index (Phi) is 3.29. The Morgan fingerprint density at radius 2 is 2.12 bits per heavy atom. The van der Waals surface area contributed by atoms with E-state index < -0.39 is 9.05 Å². The molecule has 2 heterocycles. The lowest BCUT2D eigenvalue weighted by Gasteiger charge is -1.95. The summed E-state index contributed by atoms with van der Waals surface area (Å²) in [4.78, 5) is 4.82. The Morgan fingerprint density at radius 3 is 2.59 bits per heavy atom. The lowest BCUT2D eigenvalue weighted by molar-refractivity contribution is 0.482. The summed E-state index contributed by atoms with van der Waals surface area (Å²) in [5.41, 5.74) is 0. The molecule has 0 unspecified atom stereocenters. The second-order valence-electron chi connectivity index (χ2n) is 3.77. The van der Waals surface area contributed by atoms with Crippen LogP contribution in [0.15, 0.2) is 27.0 Å². The molecule has 0 N–H and O–H groups in total. The van der Waals surface area contributed by atoms with Crippen LogP contribution in [0.25, 0.3) is 10.6 Å². The van der Waals surface area contributed by atoms with Crippen LogP contribution in [0.4, 0.5) is 0 Å². The summed E-state index contributed by atoms with van der Waals surface area (Å²) in [7, 11) is 1.58. The predicted octanol–water partition coefficient (Wildman–Crippen LogP) is 3.45. The molecule has 2 aromatic rings. The Morgan fingerprint density at radius 1 is 1.41 bits per heavy atom. The van der Waals surface area contributed by atoms with Crippen molar-refractivity contribution in [3.63, 3.8) is 0 Å². The Labute approximate surface area is 108 Å². The van der Waals surface area contributed by atoms with E-state index in [0.717, 1.165) is 11.3 Å². The number of oxazole rings is 1. The van der Waals surface area contributed by atoms with Gasteiger partial charge in [0.25, 0.3) is 9.05 Å². The molecule has 4 nitrogen and oxygen atoms in total. The van der Waals surface area contributed by atoms with Crippen molar-refractivity contribution in [3.8, 4) is 10.6 Å². The number of hydrogen-bond donors (Lipinski definition) is 0. The summed E-state index contributed by atoms with van der Waals surface area (Å²) in [5, 5.41) is 0. The minimum Gasteiger partial charge on any atom is -0.440 e. The molecule has 92 valence electrons. The highest BCUT2D eigenvalue weighted by Gasteiger charge is 2.16. The van der Waals surface area contributed by atoms with Crippen LogP contribution in [0.3, 0.4) is 0 Å². The third kappa shape index (κ3) is 2.70. The minimum absolute atomic E-state index is 0.108. The summed E-state index contributed by atoms with van der Waals surface area (Å²) in [6, 6.07) is 3.12. The van der Waals surface area contributed by atoms with E-state index in [9.17, 15) is 8.42 Å². The average Bonchev–Trinajstić information content (AvgIpc) is 2.85. The number of rotatable bonds is 3. The van der Waals surface area contributed by atoms with E-state index in [4.69, 9.17) is 15.1 Å². The van der Waals surface area contributed by atoms with Crippen LogP contribution in [0.2, 0.25) is 0 Å². The first-order chi connectivity index (χ1) is 7.88. The van der Waals surface area contributed by atoms with Crippen molar-refractivity contribution in [1.82, 2.24) is 4.98 Å².